The van der Waals surface area contributed by atoms with Crippen molar-refractivity contribution < 1.29 is 13.2 Å². The van der Waals surface area contributed by atoms with E-state index in [9.17, 15) is 13.2 Å². The Morgan fingerprint density at radius 3 is 2.31 bits per heavy atom. The maximum absolute atomic E-state index is 14.6. The van der Waals surface area contributed by atoms with E-state index >= 15 is 0 Å². The summed E-state index contributed by atoms with van der Waals surface area (Å²) in [5, 5.41) is 3.52. The van der Waals surface area contributed by atoms with E-state index in [0.29, 0.717) is 16.6 Å². The van der Waals surface area contributed by atoms with Crippen molar-refractivity contribution in [2.24, 2.45) is 0 Å². The molecule has 3 aromatic heterocycles. The molecule has 0 amide bonds. The van der Waals surface area contributed by atoms with Crippen LogP contribution in [0, 0.1) is 0 Å². The highest BCUT2D eigenvalue weighted by Crippen LogP contribution is 2.46. The van der Waals surface area contributed by atoms with Gasteiger partial charge in [0.05, 0.1) is 22.9 Å². The number of aromatic nitrogens is 4. The van der Waals surface area contributed by atoms with E-state index in [2.05, 4.69) is 25.3 Å². The predicted octanol–water partition coefficient (Wildman–Crippen LogP) is 5.58. The Bertz CT molecular complexity index is 1450. The van der Waals surface area contributed by atoms with Crippen molar-refractivity contribution in [1.29, 1.82) is 0 Å². The van der Waals surface area contributed by atoms with Gasteiger partial charge in [0.2, 0.25) is 5.95 Å². The lowest BCUT2D eigenvalue weighted by atomic mass is 9.97. The summed E-state index contributed by atoms with van der Waals surface area (Å²) in [5.74, 6) is -0.469. The van der Waals surface area contributed by atoms with Crippen LogP contribution in [0.4, 0.5) is 30.6 Å². The van der Waals surface area contributed by atoms with Crippen molar-refractivity contribution in [2.75, 3.05) is 11.1 Å². The molecular weight excluding hydrogens is 417 g/mol. The smallest absolute Gasteiger partial charge is 0.368 e. The third kappa shape index (κ3) is 3.43. The van der Waals surface area contributed by atoms with E-state index in [1.807, 2.05) is 0 Å². The number of benzene rings is 2. The fraction of sp³-hybridized carbons (Fsp3) is 0.0435. The van der Waals surface area contributed by atoms with Crippen molar-refractivity contribution in [1.82, 2.24) is 19.9 Å². The highest BCUT2D eigenvalue weighted by Gasteiger charge is 2.40. The van der Waals surface area contributed by atoms with E-state index in [-0.39, 0.29) is 33.9 Å². The standard InChI is InChI=1S/C23H15F3N6/c24-23(25,26)19-18(20-15-8-4-5-9-16(15)31-22(27)32-20)14-10-11-28-12-17(14)30-21(19)29-13-6-2-1-3-7-13/h1-12H,(H,29,30)(H2,27,31,32). The van der Waals surface area contributed by atoms with Gasteiger partial charge in [0, 0.05) is 28.2 Å². The number of nitrogen functional groups attached to an aromatic ring is 1. The molecule has 32 heavy (non-hydrogen) atoms. The Kier molecular flexibility index (Phi) is 4.58. The molecule has 0 atom stereocenters. The predicted molar refractivity (Wildman–Crippen MR) is 117 cm³/mol. The van der Waals surface area contributed by atoms with Crippen molar-refractivity contribution >= 4 is 39.3 Å². The van der Waals surface area contributed by atoms with Gasteiger partial charge in [-0.15, -0.1) is 0 Å². The second-order valence-electron chi connectivity index (χ2n) is 7.04. The molecule has 3 heterocycles. The maximum Gasteiger partial charge on any atom is 0.420 e. The van der Waals surface area contributed by atoms with Crippen LogP contribution < -0.4 is 11.1 Å². The van der Waals surface area contributed by atoms with Gasteiger partial charge in [-0.05, 0) is 24.3 Å². The molecule has 9 heteroatoms. The first-order chi connectivity index (χ1) is 15.4. The van der Waals surface area contributed by atoms with Crippen LogP contribution in [0.3, 0.4) is 0 Å². The molecule has 3 N–H and O–H groups in total. The highest BCUT2D eigenvalue weighted by atomic mass is 19.4. The fourth-order valence-electron chi connectivity index (χ4n) is 3.67. The van der Waals surface area contributed by atoms with Gasteiger partial charge < -0.3 is 11.1 Å². The zero-order valence-corrected chi connectivity index (χ0v) is 16.4. The fourth-order valence-corrected chi connectivity index (χ4v) is 3.67. The van der Waals surface area contributed by atoms with Crippen molar-refractivity contribution in [3.63, 3.8) is 0 Å². The summed E-state index contributed by atoms with van der Waals surface area (Å²) in [6.07, 6.45) is -1.90. The molecule has 6 nitrogen and oxygen atoms in total. The van der Waals surface area contributed by atoms with E-state index in [0.717, 1.165) is 0 Å². The Hall–Kier alpha value is -4.27. The number of hydrogen-bond donors (Lipinski definition) is 2. The lowest BCUT2D eigenvalue weighted by Gasteiger charge is -2.20. The summed E-state index contributed by atoms with van der Waals surface area (Å²) in [4.78, 5) is 16.7. The monoisotopic (exact) mass is 432 g/mol. The number of hydrogen-bond acceptors (Lipinski definition) is 6. The van der Waals surface area contributed by atoms with Crippen LogP contribution in [-0.2, 0) is 6.18 Å². The minimum Gasteiger partial charge on any atom is -0.368 e. The van der Waals surface area contributed by atoms with E-state index in [1.165, 1.54) is 18.5 Å². The SMILES string of the molecule is Nc1nc(-c2c(C(F)(F)F)c(Nc3ccccc3)nc3cnccc23)c2ccccc2n1. The van der Waals surface area contributed by atoms with Gasteiger partial charge in [0.15, 0.2) is 0 Å². The lowest BCUT2D eigenvalue weighted by Crippen LogP contribution is -2.14. The van der Waals surface area contributed by atoms with Crippen LogP contribution in [0.25, 0.3) is 33.1 Å². The molecule has 0 fully saturated rings. The molecule has 0 aliphatic carbocycles. The van der Waals surface area contributed by atoms with Gasteiger partial charge in [0.1, 0.15) is 11.4 Å². The van der Waals surface area contributed by atoms with Gasteiger partial charge in [-0.3, -0.25) is 4.98 Å². The number of nitrogens with two attached hydrogens (primary N) is 1. The van der Waals surface area contributed by atoms with Gasteiger partial charge in [-0.1, -0.05) is 36.4 Å². The number of alkyl halides is 3. The zero-order valence-electron chi connectivity index (χ0n) is 16.4. The normalized spacial score (nSPS) is 11.7. The van der Waals surface area contributed by atoms with Crippen LogP contribution in [0.15, 0.2) is 73.1 Å². The number of nitrogens with zero attached hydrogens (tertiary/aromatic N) is 4. The average molecular weight is 432 g/mol. The molecule has 0 saturated carbocycles. The number of halogens is 3. The van der Waals surface area contributed by atoms with Gasteiger partial charge in [-0.25, -0.2) is 15.0 Å². The first-order valence-electron chi connectivity index (χ1n) is 9.61. The molecule has 2 aromatic carbocycles. The van der Waals surface area contributed by atoms with E-state index < -0.39 is 11.7 Å². The molecule has 158 valence electrons. The maximum atomic E-state index is 14.6. The summed E-state index contributed by atoms with van der Waals surface area (Å²) in [5.41, 5.74) is 6.08. The number of pyridine rings is 2. The topological polar surface area (TPSA) is 89.6 Å². The van der Waals surface area contributed by atoms with Crippen molar-refractivity contribution in [3.05, 3.63) is 78.6 Å². The summed E-state index contributed by atoms with van der Waals surface area (Å²) in [6.45, 7) is 0. The first kappa shape index (κ1) is 19.7. The Morgan fingerprint density at radius 2 is 1.53 bits per heavy atom. The van der Waals surface area contributed by atoms with Crippen LogP contribution in [0.5, 0.6) is 0 Å². The van der Waals surface area contributed by atoms with Gasteiger partial charge in [0.25, 0.3) is 0 Å². The van der Waals surface area contributed by atoms with Crippen LogP contribution in [-0.4, -0.2) is 19.9 Å². The minimum atomic E-state index is -4.74. The van der Waals surface area contributed by atoms with Crippen LogP contribution >= 0.6 is 0 Å². The van der Waals surface area contributed by atoms with Gasteiger partial charge >= 0.3 is 6.18 Å². The summed E-state index contributed by atoms with van der Waals surface area (Å²) in [6, 6.07) is 16.8. The number of fused-ring (bicyclic) bond motifs is 2. The molecule has 0 aliphatic rings. The number of rotatable bonds is 3. The van der Waals surface area contributed by atoms with Crippen molar-refractivity contribution in [2.45, 2.75) is 6.18 Å². The number of anilines is 3. The van der Waals surface area contributed by atoms with Crippen LogP contribution in [0.1, 0.15) is 5.56 Å². The van der Waals surface area contributed by atoms with Crippen LogP contribution in [0.2, 0.25) is 0 Å². The van der Waals surface area contributed by atoms with Crippen molar-refractivity contribution in [3.8, 4) is 11.3 Å². The lowest BCUT2D eigenvalue weighted by molar-refractivity contribution is -0.136. The molecule has 0 bridgehead atoms. The minimum absolute atomic E-state index is 0.0788. The quantitative estimate of drug-likeness (QED) is 0.387. The third-order valence-electron chi connectivity index (χ3n) is 4.97. The molecule has 0 saturated heterocycles. The average Bonchev–Trinajstić information content (AvgIpc) is 2.77. The largest absolute Gasteiger partial charge is 0.420 e. The second kappa shape index (κ2) is 7.45. The third-order valence-corrected chi connectivity index (χ3v) is 4.97. The zero-order chi connectivity index (χ0) is 22.3. The molecule has 0 unspecified atom stereocenters. The molecule has 0 spiro atoms. The van der Waals surface area contributed by atoms with E-state index in [1.54, 1.807) is 54.6 Å². The molecule has 0 aliphatic heterocycles. The number of para-hydroxylation sites is 2. The summed E-state index contributed by atoms with van der Waals surface area (Å²) in [7, 11) is 0. The number of nitrogens with one attached hydrogen (secondary N) is 1. The summed E-state index contributed by atoms with van der Waals surface area (Å²) >= 11 is 0. The molecule has 5 rings (SSSR count). The molecule has 5 aromatic rings. The van der Waals surface area contributed by atoms with E-state index in [4.69, 9.17) is 5.73 Å². The first-order valence-corrected chi connectivity index (χ1v) is 9.61. The molecular formula is C23H15F3N6. The summed E-state index contributed by atoms with van der Waals surface area (Å²) < 4.78 is 43.7. The molecule has 0 radical (unpaired) electrons. The Labute approximate surface area is 180 Å². The second-order valence-corrected chi connectivity index (χ2v) is 7.04. The highest BCUT2D eigenvalue weighted by molar-refractivity contribution is 6.05. The Morgan fingerprint density at radius 1 is 0.781 bits per heavy atom. The van der Waals surface area contributed by atoms with Gasteiger partial charge in [-0.2, -0.15) is 13.2 Å². The Balaban J connectivity index is 1.92.